The monoisotopic (exact) mass is 415 g/mol. The maximum atomic E-state index is 5.40. The van der Waals surface area contributed by atoms with Crippen LogP contribution in [-0.2, 0) is 4.74 Å². The second-order valence-corrected chi connectivity index (χ2v) is 6.52. The van der Waals surface area contributed by atoms with Crippen LogP contribution in [0.4, 0.5) is 0 Å². The van der Waals surface area contributed by atoms with Gasteiger partial charge in [-0.3, -0.25) is 4.99 Å². The highest BCUT2D eigenvalue weighted by Crippen LogP contribution is 2.18. The van der Waals surface area contributed by atoms with Crippen LogP contribution in [0.1, 0.15) is 26.2 Å². The first kappa shape index (κ1) is 20.3. The fourth-order valence-electron chi connectivity index (χ4n) is 2.22. The summed E-state index contributed by atoms with van der Waals surface area (Å²) in [5.41, 5.74) is 0. The number of ether oxygens (including phenoxy) is 1. The highest BCUT2D eigenvalue weighted by atomic mass is 127. The second-order valence-electron chi connectivity index (χ2n) is 5.24. The molecule has 0 aliphatic carbocycles. The van der Waals surface area contributed by atoms with Gasteiger partial charge in [0.05, 0.1) is 0 Å². The summed E-state index contributed by atoms with van der Waals surface area (Å²) in [6, 6.07) is 0. The molecule has 0 bridgehead atoms. The maximum Gasteiger partial charge on any atom is 0.193 e. The van der Waals surface area contributed by atoms with Crippen molar-refractivity contribution >= 4 is 41.7 Å². The molecule has 1 unspecified atom stereocenters. The Morgan fingerprint density at radius 3 is 2.65 bits per heavy atom. The van der Waals surface area contributed by atoms with Crippen molar-refractivity contribution in [3.8, 4) is 0 Å². The highest BCUT2D eigenvalue weighted by Gasteiger charge is 2.15. The van der Waals surface area contributed by atoms with Crippen LogP contribution in [0.2, 0.25) is 0 Å². The molecule has 0 aromatic heterocycles. The molecule has 0 radical (unpaired) electrons. The van der Waals surface area contributed by atoms with Crippen molar-refractivity contribution in [1.29, 1.82) is 0 Å². The molecule has 1 fully saturated rings. The zero-order valence-corrected chi connectivity index (χ0v) is 16.4. The molecule has 20 heavy (non-hydrogen) atoms. The van der Waals surface area contributed by atoms with Gasteiger partial charge in [0.15, 0.2) is 5.96 Å². The lowest BCUT2D eigenvalue weighted by Gasteiger charge is -2.27. The Bertz CT molecular complexity index is 273. The van der Waals surface area contributed by atoms with Crippen LogP contribution in [-0.4, -0.2) is 62.8 Å². The summed E-state index contributed by atoms with van der Waals surface area (Å²) in [5.74, 6) is 1.83. The van der Waals surface area contributed by atoms with Crippen molar-refractivity contribution < 1.29 is 4.74 Å². The first-order valence-electron chi connectivity index (χ1n) is 7.19. The molecular weight excluding hydrogens is 385 g/mol. The lowest BCUT2D eigenvalue weighted by Crippen LogP contribution is -2.42. The standard InChI is InChI=1S/C14H29N3OS.HI/c1-12(19-4)11-16-14(15-2)17(3)8-5-13-6-9-18-10-7-13;/h12-13H,5-11H2,1-4H3,(H,15,16);1H. The van der Waals surface area contributed by atoms with Crippen LogP contribution >= 0.6 is 35.7 Å². The highest BCUT2D eigenvalue weighted by molar-refractivity contribution is 14.0. The summed E-state index contributed by atoms with van der Waals surface area (Å²) < 4.78 is 5.40. The van der Waals surface area contributed by atoms with Crippen molar-refractivity contribution in [3.63, 3.8) is 0 Å². The van der Waals surface area contributed by atoms with Gasteiger partial charge in [0.1, 0.15) is 0 Å². The number of rotatable bonds is 6. The van der Waals surface area contributed by atoms with E-state index >= 15 is 0 Å². The molecule has 6 heteroatoms. The van der Waals surface area contributed by atoms with E-state index in [0.29, 0.717) is 5.25 Å². The molecule has 1 aliphatic heterocycles. The van der Waals surface area contributed by atoms with Gasteiger partial charge in [-0.1, -0.05) is 6.92 Å². The largest absolute Gasteiger partial charge is 0.381 e. The molecule has 1 rings (SSSR count). The third-order valence-corrected chi connectivity index (χ3v) is 4.71. The van der Waals surface area contributed by atoms with Crippen LogP contribution in [0.15, 0.2) is 4.99 Å². The summed E-state index contributed by atoms with van der Waals surface area (Å²) in [4.78, 5) is 6.59. The number of nitrogens with one attached hydrogen (secondary N) is 1. The Labute approximate surface area is 145 Å². The van der Waals surface area contributed by atoms with Crippen molar-refractivity contribution in [2.24, 2.45) is 10.9 Å². The molecule has 1 N–H and O–H groups in total. The van der Waals surface area contributed by atoms with E-state index in [0.717, 1.165) is 38.2 Å². The van der Waals surface area contributed by atoms with Crippen molar-refractivity contribution in [1.82, 2.24) is 10.2 Å². The zero-order chi connectivity index (χ0) is 14.1. The molecule has 1 aliphatic rings. The van der Waals surface area contributed by atoms with E-state index < -0.39 is 0 Å². The topological polar surface area (TPSA) is 36.9 Å². The van der Waals surface area contributed by atoms with E-state index in [1.807, 2.05) is 18.8 Å². The number of nitrogens with zero attached hydrogens (tertiary/aromatic N) is 2. The molecule has 0 spiro atoms. The lowest BCUT2D eigenvalue weighted by molar-refractivity contribution is 0.0625. The normalized spacial score (nSPS) is 18.3. The average molecular weight is 415 g/mol. The number of halogens is 1. The summed E-state index contributed by atoms with van der Waals surface area (Å²) in [5, 5.41) is 4.05. The van der Waals surface area contributed by atoms with Gasteiger partial charge in [-0.15, -0.1) is 24.0 Å². The number of aliphatic imine (C=N–C) groups is 1. The molecule has 0 amide bonds. The number of hydrogen-bond donors (Lipinski definition) is 1. The molecule has 1 heterocycles. The predicted octanol–water partition coefficient (Wildman–Crippen LogP) is 2.68. The Hall–Kier alpha value is 0.310. The summed E-state index contributed by atoms with van der Waals surface area (Å²) >= 11 is 1.88. The van der Waals surface area contributed by atoms with Crippen LogP contribution in [0.3, 0.4) is 0 Å². The third kappa shape index (κ3) is 7.93. The van der Waals surface area contributed by atoms with E-state index in [1.165, 1.54) is 19.3 Å². The average Bonchev–Trinajstić information content (AvgIpc) is 2.46. The van der Waals surface area contributed by atoms with Gasteiger partial charge in [0.2, 0.25) is 0 Å². The Morgan fingerprint density at radius 2 is 2.10 bits per heavy atom. The summed E-state index contributed by atoms with van der Waals surface area (Å²) in [6.45, 7) is 6.14. The quantitative estimate of drug-likeness (QED) is 0.411. The Kier molecular flexibility index (Phi) is 12.1. The van der Waals surface area contributed by atoms with Gasteiger partial charge in [-0.05, 0) is 31.4 Å². The van der Waals surface area contributed by atoms with Crippen molar-refractivity contribution in [3.05, 3.63) is 0 Å². The molecule has 120 valence electrons. The molecule has 1 atom stereocenters. The predicted molar refractivity (Wildman–Crippen MR) is 101 cm³/mol. The number of guanidine groups is 1. The van der Waals surface area contributed by atoms with Gasteiger partial charge in [-0.25, -0.2) is 0 Å². The van der Waals surface area contributed by atoms with Crippen molar-refractivity contribution in [2.45, 2.75) is 31.4 Å². The lowest BCUT2D eigenvalue weighted by atomic mass is 9.96. The van der Waals surface area contributed by atoms with Crippen LogP contribution in [0, 0.1) is 5.92 Å². The molecular formula is C14H30IN3OS. The first-order chi connectivity index (χ1) is 9.17. The summed E-state index contributed by atoms with van der Waals surface area (Å²) in [6.07, 6.45) is 5.80. The SMILES string of the molecule is CN=C(NCC(C)SC)N(C)CCC1CCOCC1.I. The molecule has 0 saturated carbocycles. The van der Waals surface area contributed by atoms with Crippen LogP contribution in [0.5, 0.6) is 0 Å². The maximum absolute atomic E-state index is 5.40. The Balaban J connectivity index is 0.00000361. The second kappa shape index (κ2) is 11.9. The van der Waals surface area contributed by atoms with Gasteiger partial charge in [0.25, 0.3) is 0 Å². The molecule has 0 aromatic rings. The minimum absolute atomic E-state index is 0. The molecule has 1 saturated heterocycles. The van der Waals surface area contributed by atoms with E-state index in [9.17, 15) is 0 Å². The smallest absolute Gasteiger partial charge is 0.193 e. The Morgan fingerprint density at radius 1 is 1.45 bits per heavy atom. The third-order valence-electron chi connectivity index (χ3n) is 3.74. The van der Waals surface area contributed by atoms with E-state index in [2.05, 4.69) is 35.4 Å². The van der Waals surface area contributed by atoms with Gasteiger partial charge in [0, 0.05) is 45.6 Å². The number of thioether (sulfide) groups is 1. The zero-order valence-electron chi connectivity index (χ0n) is 13.2. The van der Waals surface area contributed by atoms with Gasteiger partial charge in [-0.2, -0.15) is 11.8 Å². The molecule has 4 nitrogen and oxygen atoms in total. The molecule has 0 aromatic carbocycles. The van der Waals surface area contributed by atoms with E-state index in [1.54, 1.807) is 0 Å². The van der Waals surface area contributed by atoms with Gasteiger partial charge < -0.3 is 15.0 Å². The number of hydrogen-bond acceptors (Lipinski definition) is 3. The van der Waals surface area contributed by atoms with E-state index in [4.69, 9.17) is 4.74 Å². The first-order valence-corrected chi connectivity index (χ1v) is 8.48. The van der Waals surface area contributed by atoms with Crippen LogP contribution < -0.4 is 5.32 Å². The minimum Gasteiger partial charge on any atom is -0.381 e. The summed E-state index contributed by atoms with van der Waals surface area (Å²) in [7, 11) is 3.98. The minimum atomic E-state index is 0. The van der Waals surface area contributed by atoms with Crippen molar-refractivity contribution in [2.75, 3.05) is 46.7 Å². The fraction of sp³-hybridized carbons (Fsp3) is 0.929. The van der Waals surface area contributed by atoms with Gasteiger partial charge >= 0.3 is 0 Å². The van der Waals surface area contributed by atoms with Crippen LogP contribution in [0.25, 0.3) is 0 Å². The fourth-order valence-corrected chi connectivity index (χ4v) is 2.47. The van der Waals surface area contributed by atoms with E-state index in [-0.39, 0.29) is 24.0 Å².